The monoisotopic (exact) mass is 566 g/mol. The molecule has 4 aromatic rings. The number of likely N-dealkylation sites (N-methyl/N-ethyl adjacent to an activating group) is 1. The van der Waals surface area contributed by atoms with Crippen LogP contribution in [0.15, 0.2) is 77.4 Å². The Kier molecular flexibility index (Phi) is 7.83. The van der Waals surface area contributed by atoms with Gasteiger partial charge in [0.15, 0.2) is 11.5 Å². The van der Waals surface area contributed by atoms with Crippen LogP contribution >= 0.6 is 0 Å². The summed E-state index contributed by atoms with van der Waals surface area (Å²) < 4.78 is 9.00. The molecule has 2 N–H and O–H groups in total. The summed E-state index contributed by atoms with van der Waals surface area (Å²) in [5.74, 6) is 1.14. The fourth-order valence-corrected chi connectivity index (χ4v) is 5.07. The predicted molar refractivity (Wildman–Crippen MR) is 160 cm³/mol. The summed E-state index contributed by atoms with van der Waals surface area (Å²) in [5, 5.41) is 9.82. The van der Waals surface area contributed by atoms with E-state index in [1.807, 2.05) is 63.2 Å². The average Bonchev–Trinajstić information content (AvgIpc) is 3.29. The first-order valence-corrected chi connectivity index (χ1v) is 13.8. The van der Waals surface area contributed by atoms with E-state index in [1.165, 1.54) is 10.9 Å². The number of benzene rings is 2. The van der Waals surface area contributed by atoms with Gasteiger partial charge in [-0.2, -0.15) is 5.26 Å². The van der Waals surface area contributed by atoms with E-state index < -0.39 is 5.54 Å². The Morgan fingerprint density at radius 1 is 1.12 bits per heavy atom. The molecule has 1 aliphatic heterocycles. The number of fused-ring (bicyclic) bond motifs is 1. The second kappa shape index (κ2) is 11.5. The van der Waals surface area contributed by atoms with Gasteiger partial charge in [-0.05, 0) is 83.3 Å². The molecule has 1 amide bonds. The van der Waals surface area contributed by atoms with Crippen LogP contribution in [0.2, 0.25) is 0 Å². The number of para-hydroxylation sites is 1. The third kappa shape index (κ3) is 5.49. The van der Waals surface area contributed by atoms with E-state index in [9.17, 15) is 14.9 Å². The van der Waals surface area contributed by atoms with Crippen LogP contribution in [0.1, 0.15) is 32.7 Å². The molecule has 1 saturated heterocycles. The third-order valence-corrected chi connectivity index (χ3v) is 7.80. The van der Waals surface area contributed by atoms with Crippen molar-refractivity contribution in [3.05, 3.63) is 83.1 Å². The summed E-state index contributed by atoms with van der Waals surface area (Å²) in [6.45, 7) is 4.63. The average molecular weight is 567 g/mol. The van der Waals surface area contributed by atoms with Crippen molar-refractivity contribution < 1.29 is 9.53 Å². The number of rotatable bonds is 7. The molecule has 1 atom stereocenters. The number of hydrogen-bond acceptors (Lipinski definition) is 8. The van der Waals surface area contributed by atoms with Crippen molar-refractivity contribution >= 4 is 22.9 Å². The lowest BCUT2D eigenvalue weighted by Gasteiger charge is -2.34. The number of nitrogens with zero attached hydrogens (tertiary/aromatic N) is 7. The molecule has 0 radical (unpaired) electrons. The Labute approximate surface area is 244 Å². The lowest BCUT2D eigenvalue weighted by atomic mass is 9.98. The van der Waals surface area contributed by atoms with Gasteiger partial charge in [0, 0.05) is 18.6 Å². The SMILES string of the molecule is CN(C)C(C)(C)/C=C(/C#N)C(=O)N1CCC[C@H](n2c(=O)n(-c3ccc(Oc4ccccc4)cc3)c3c(N)ncnc32)C1. The number of piperidine rings is 1. The van der Waals surface area contributed by atoms with Crippen molar-refractivity contribution in [3.8, 4) is 23.3 Å². The van der Waals surface area contributed by atoms with Gasteiger partial charge in [-0.3, -0.25) is 13.9 Å². The summed E-state index contributed by atoms with van der Waals surface area (Å²) >= 11 is 0. The van der Waals surface area contributed by atoms with Gasteiger partial charge in [0.05, 0.1) is 11.7 Å². The van der Waals surface area contributed by atoms with Crippen molar-refractivity contribution in [2.24, 2.45) is 0 Å². The number of likely N-dealkylation sites (tertiary alicyclic amines) is 1. The lowest BCUT2D eigenvalue weighted by molar-refractivity contribution is -0.128. The molecule has 1 fully saturated rings. The van der Waals surface area contributed by atoms with Crippen LogP contribution in [-0.4, -0.2) is 67.5 Å². The largest absolute Gasteiger partial charge is 0.457 e. The van der Waals surface area contributed by atoms with E-state index in [1.54, 1.807) is 39.8 Å². The summed E-state index contributed by atoms with van der Waals surface area (Å²) in [6.07, 6.45) is 4.35. The number of anilines is 1. The minimum atomic E-state index is -0.490. The molecular formula is C31H34N8O3. The van der Waals surface area contributed by atoms with Crippen LogP contribution in [0.4, 0.5) is 5.82 Å². The smallest absolute Gasteiger partial charge is 0.335 e. The second-order valence-corrected chi connectivity index (χ2v) is 11.1. The van der Waals surface area contributed by atoms with Crippen molar-refractivity contribution in [1.82, 2.24) is 28.9 Å². The number of carbonyl (C=O) groups excluding carboxylic acids is 1. The molecule has 0 bridgehead atoms. The number of carbonyl (C=O) groups is 1. The lowest BCUT2D eigenvalue weighted by Crippen LogP contribution is -2.44. The Bertz CT molecular complexity index is 1730. The van der Waals surface area contributed by atoms with Crippen LogP contribution < -0.4 is 16.2 Å². The number of aromatic nitrogens is 4. The maximum Gasteiger partial charge on any atom is 0.335 e. The molecule has 1 aliphatic rings. The van der Waals surface area contributed by atoms with E-state index in [2.05, 4.69) is 16.0 Å². The summed E-state index contributed by atoms with van der Waals surface area (Å²) in [6, 6.07) is 18.3. The molecule has 3 heterocycles. The topological polar surface area (TPSA) is 135 Å². The van der Waals surface area contributed by atoms with Crippen LogP contribution in [0, 0.1) is 11.3 Å². The fourth-order valence-electron chi connectivity index (χ4n) is 5.07. The normalized spacial score (nSPS) is 16.0. The minimum absolute atomic E-state index is 0.0773. The van der Waals surface area contributed by atoms with Crippen LogP contribution in [0.3, 0.4) is 0 Å². The zero-order chi connectivity index (χ0) is 30.0. The number of hydrogen-bond donors (Lipinski definition) is 1. The maximum atomic E-state index is 14.0. The summed E-state index contributed by atoms with van der Waals surface area (Å²) in [7, 11) is 3.79. The molecule has 216 valence electrons. The standard InChI is InChI=1S/C31H34N8O3/c1-31(2,36(3)4)17-21(18-32)29(40)37-16-8-9-23(19-37)39-28-26(27(33)34-20-35-28)38(30(39)41)22-12-14-25(15-13-22)42-24-10-6-5-7-11-24/h5-7,10-15,17,20,23H,8-9,16,19H2,1-4H3,(H2,33,34,35)/b21-17-/t23-/m0/s1. The van der Waals surface area contributed by atoms with E-state index >= 15 is 0 Å². The Morgan fingerprint density at radius 2 is 1.81 bits per heavy atom. The summed E-state index contributed by atoms with van der Waals surface area (Å²) in [4.78, 5) is 39.7. The number of ether oxygens (including phenoxy) is 1. The highest BCUT2D eigenvalue weighted by molar-refractivity contribution is 5.97. The van der Waals surface area contributed by atoms with Gasteiger partial charge in [-0.15, -0.1) is 0 Å². The first kappa shape index (κ1) is 28.6. The molecular weight excluding hydrogens is 532 g/mol. The number of nitriles is 1. The Morgan fingerprint density at radius 3 is 2.48 bits per heavy atom. The Balaban J connectivity index is 1.49. The van der Waals surface area contributed by atoms with Gasteiger partial charge in [0.1, 0.15) is 35.0 Å². The number of nitrogens with two attached hydrogens (primary N) is 1. The maximum absolute atomic E-state index is 14.0. The first-order chi connectivity index (χ1) is 20.1. The van der Waals surface area contributed by atoms with Crippen molar-refractivity contribution in [1.29, 1.82) is 5.26 Å². The van der Waals surface area contributed by atoms with E-state index in [-0.39, 0.29) is 35.6 Å². The van der Waals surface area contributed by atoms with Gasteiger partial charge in [-0.1, -0.05) is 18.2 Å². The van der Waals surface area contributed by atoms with E-state index in [0.29, 0.717) is 47.7 Å². The molecule has 11 nitrogen and oxygen atoms in total. The van der Waals surface area contributed by atoms with E-state index in [0.717, 1.165) is 0 Å². The van der Waals surface area contributed by atoms with Crippen molar-refractivity contribution in [2.75, 3.05) is 32.9 Å². The second-order valence-electron chi connectivity index (χ2n) is 11.1. The van der Waals surface area contributed by atoms with Crippen LogP contribution in [0.25, 0.3) is 16.9 Å². The van der Waals surface area contributed by atoms with Crippen molar-refractivity contribution in [3.63, 3.8) is 0 Å². The highest BCUT2D eigenvalue weighted by atomic mass is 16.5. The van der Waals surface area contributed by atoms with Gasteiger partial charge in [-0.25, -0.2) is 14.8 Å². The van der Waals surface area contributed by atoms with Crippen LogP contribution in [0.5, 0.6) is 11.5 Å². The predicted octanol–water partition coefficient (Wildman–Crippen LogP) is 3.91. The molecule has 5 rings (SSSR count). The van der Waals surface area contributed by atoms with Gasteiger partial charge >= 0.3 is 5.69 Å². The molecule has 11 heteroatoms. The zero-order valence-electron chi connectivity index (χ0n) is 24.2. The number of amides is 1. The van der Waals surface area contributed by atoms with Gasteiger partial charge in [0.25, 0.3) is 5.91 Å². The molecule has 0 aliphatic carbocycles. The molecule has 42 heavy (non-hydrogen) atoms. The molecule has 0 unspecified atom stereocenters. The van der Waals surface area contributed by atoms with Gasteiger partial charge in [0.2, 0.25) is 0 Å². The quantitative estimate of drug-likeness (QED) is 0.263. The van der Waals surface area contributed by atoms with Gasteiger partial charge < -0.3 is 20.3 Å². The molecule has 0 spiro atoms. The molecule has 0 saturated carbocycles. The third-order valence-electron chi connectivity index (χ3n) is 7.80. The Hall–Kier alpha value is -4.95. The molecule has 2 aromatic carbocycles. The highest BCUT2D eigenvalue weighted by Crippen LogP contribution is 2.29. The van der Waals surface area contributed by atoms with E-state index in [4.69, 9.17) is 10.5 Å². The molecule has 2 aromatic heterocycles. The highest BCUT2D eigenvalue weighted by Gasteiger charge is 2.32. The summed E-state index contributed by atoms with van der Waals surface area (Å²) in [5.41, 5.74) is 6.91. The van der Waals surface area contributed by atoms with Crippen molar-refractivity contribution in [2.45, 2.75) is 38.3 Å². The van der Waals surface area contributed by atoms with Crippen LogP contribution in [-0.2, 0) is 4.79 Å². The number of nitrogen functional groups attached to an aromatic ring is 1. The zero-order valence-corrected chi connectivity index (χ0v) is 24.2. The number of imidazole rings is 1. The fraction of sp³-hybridized carbons (Fsp3) is 0.323. The first-order valence-electron chi connectivity index (χ1n) is 13.8. The minimum Gasteiger partial charge on any atom is -0.457 e.